The first-order chi connectivity index (χ1) is 15.7. The van der Waals surface area contributed by atoms with Gasteiger partial charge in [-0.3, -0.25) is 9.80 Å². The van der Waals surface area contributed by atoms with Gasteiger partial charge < -0.3 is 14.6 Å². The fourth-order valence-corrected chi connectivity index (χ4v) is 4.50. The Morgan fingerprint density at radius 3 is 1.74 bits per heavy atom. The number of aliphatic hydroxyl groups excluding tert-OH is 1. The van der Waals surface area contributed by atoms with E-state index >= 15 is 0 Å². The maximum absolute atomic E-state index is 10.8. The molecule has 5 nitrogen and oxygen atoms in total. The minimum atomic E-state index is -0.569. The first kappa shape index (κ1) is 28.0. The molecule has 0 aliphatic carbocycles. The quantitative estimate of drug-likeness (QED) is 0.468. The van der Waals surface area contributed by atoms with Gasteiger partial charge in [0.1, 0.15) is 0 Å². The van der Waals surface area contributed by atoms with E-state index in [1.807, 2.05) is 18.2 Å². The Morgan fingerprint density at radius 1 is 0.706 bits per heavy atom. The van der Waals surface area contributed by atoms with Crippen LogP contribution in [0.15, 0.2) is 78.9 Å². The van der Waals surface area contributed by atoms with Crippen molar-refractivity contribution in [2.75, 3.05) is 46.9 Å². The van der Waals surface area contributed by atoms with E-state index in [1.165, 1.54) is 11.1 Å². The van der Waals surface area contributed by atoms with Gasteiger partial charge in [-0.1, -0.05) is 66.7 Å². The normalized spacial score (nSPS) is 15.2. The SMILES string of the molecule is COc1ccc(C(O)CN2CCN(C(c3ccccc3)c3ccccc3)CC2)cc1OC.Cl.Cl. The molecular formula is C27H34Cl2N2O3. The van der Waals surface area contributed by atoms with Crippen LogP contribution < -0.4 is 9.47 Å². The molecule has 1 N–H and O–H groups in total. The Balaban J connectivity index is 0.00000204. The zero-order valence-corrected chi connectivity index (χ0v) is 21.3. The van der Waals surface area contributed by atoms with Gasteiger partial charge >= 0.3 is 0 Å². The monoisotopic (exact) mass is 504 g/mol. The van der Waals surface area contributed by atoms with Crippen molar-refractivity contribution in [3.63, 3.8) is 0 Å². The molecule has 1 unspecified atom stereocenters. The molecule has 0 spiro atoms. The van der Waals surface area contributed by atoms with E-state index in [-0.39, 0.29) is 30.9 Å². The molecule has 7 heteroatoms. The van der Waals surface area contributed by atoms with Crippen molar-refractivity contribution in [1.82, 2.24) is 9.80 Å². The van der Waals surface area contributed by atoms with E-state index in [4.69, 9.17) is 9.47 Å². The Morgan fingerprint density at radius 2 is 1.24 bits per heavy atom. The fraction of sp³-hybridized carbons (Fsp3) is 0.333. The van der Waals surface area contributed by atoms with Crippen LogP contribution in [-0.2, 0) is 0 Å². The van der Waals surface area contributed by atoms with E-state index in [9.17, 15) is 5.11 Å². The number of ether oxygens (including phenoxy) is 2. The molecule has 4 rings (SSSR count). The molecule has 0 amide bonds. The molecule has 0 bridgehead atoms. The van der Waals surface area contributed by atoms with Crippen molar-refractivity contribution in [1.29, 1.82) is 0 Å². The van der Waals surface area contributed by atoms with Gasteiger partial charge in [0, 0.05) is 32.7 Å². The van der Waals surface area contributed by atoms with E-state index in [0.29, 0.717) is 18.0 Å². The highest BCUT2D eigenvalue weighted by Crippen LogP contribution is 2.32. The summed E-state index contributed by atoms with van der Waals surface area (Å²) in [4.78, 5) is 4.88. The summed E-state index contributed by atoms with van der Waals surface area (Å²) < 4.78 is 10.7. The summed E-state index contributed by atoms with van der Waals surface area (Å²) in [7, 11) is 3.23. The molecule has 184 valence electrons. The average molecular weight is 505 g/mol. The number of nitrogens with zero attached hydrogens (tertiary/aromatic N) is 2. The van der Waals surface area contributed by atoms with Crippen LogP contribution in [-0.4, -0.2) is 61.8 Å². The first-order valence-electron chi connectivity index (χ1n) is 11.2. The van der Waals surface area contributed by atoms with Crippen LogP contribution in [0.3, 0.4) is 0 Å². The maximum atomic E-state index is 10.8. The lowest BCUT2D eigenvalue weighted by molar-refractivity contribution is 0.0622. The van der Waals surface area contributed by atoms with Gasteiger partial charge in [0.2, 0.25) is 0 Å². The second-order valence-corrected chi connectivity index (χ2v) is 8.19. The van der Waals surface area contributed by atoms with Crippen molar-refractivity contribution < 1.29 is 14.6 Å². The third-order valence-electron chi connectivity index (χ3n) is 6.23. The summed E-state index contributed by atoms with van der Waals surface area (Å²) >= 11 is 0. The second-order valence-electron chi connectivity index (χ2n) is 8.19. The van der Waals surface area contributed by atoms with E-state index in [1.54, 1.807) is 14.2 Å². The number of rotatable bonds is 8. The highest BCUT2D eigenvalue weighted by molar-refractivity contribution is 5.85. The molecule has 0 radical (unpaired) electrons. The van der Waals surface area contributed by atoms with E-state index in [2.05, 4.69) is 70.5 Å². The molecule has 1 aliphatic rings. The van der Waals surface area contributed by atoms with Gasteiger partial charge in [-0.05, 0) is 28.8 Å². The summed E-state index contributed by atoms with van der Waals surface area (Å²) in [6.45, 7) is 4.34. The molecule has 1 fully saturated rings. The zero-order chi connectivity index (χ0) is 22.3. The number of halogens is 2. The lowest BCUT2D eigenvalue weighted by Crippen LogP contribution is -2.48. The molecule has 3 aromatic rings. The van der Waals surface area contributed by atoms with Gasteiger partial charge in [-0.25, -0.2) is 0 Å². The highest BCUT2D eigenvalue weighted by Gasteiger charge is 2.27. The van der Waals surface area contributed by atoms with E-state index in [0.717, 1.165) is 31.7 Å². The van der Waals surface area contributed by atoms with Crippen LogP contribution in [0.4, 0.5) is 0 Å². The number of aliphatic hydroxyl groups is 1. The average Bonchev–Trinajstić information content (AvgIpc) is 2.86. The minimum Gasteiger partial charge on any atom is -0.493 e. The lowest BCUT2D eigenvalue weighted by Gasteiger charge is -2.40. The Hall–Kier alpha value is -2.28. The van der Waals surface area contributed by atoms with Gasteiger partial charge in [0.05, 0.1) is 26.4 Å². The summed E-state index contributed by atoms with van der Waals surface area (Å²) in [6.07, 6.45) is -0.569. The Bertz CT molecular complexity index is 944. The van der Waals surface area contributed by atoms with Crippen molar-refractivity contribution in [2.45, 2.75) is 12.1 Å². The standard InChI is InChI=1S/C27H32N2O3.2ClH/c1-31-25-14-13-23(19-26(25)32-2)24(30)20-28-15-17-29(18-16-28)27(21-9-5-3-6-10-21)22-11-7-4-8-12-22;;/h3-14,19,24,27,30H,15-18,20H2,1-2H3;2*1H. The number of methoxy groups -OCH3 is 2. The van der Waals surface area contributed by atoms with Crippen LogP contribution in [0, 0.1) is 0 Å². The minimum absolute atomic E-state index is 0. The predicted octanol–water partition coefficient (Wildman–Crippen LogP) is 4.99. The van der Waals surface area contributed by atoms with Gasteiger partial charge in [0.25, 0.3) is 0 Å². The molecule has 1 saturated heterocycles. The lowest BCUT2D eigenvalue weighted by atomic mass is 9.96. The van der Waals surface area contributed by atoms with Crippen LogP contribution in [0.1, 0.15) is 28.8 Å². The maximum Gasteiger partial charge on any atom is 0.161 e. The zero-order valence-electron chi connectivity index (χ0n) is 19.7. The smallest absolute Gasteiger partial charge is 0.161 e. The summed E-state index contributed by atoms with van der Waals surface area (Å²) in [5.74, 6) is 1.31. The van der Waals surface area contributed by atoms with Crippen LogP contribution in [0.5, 0.6) is 11.5 Å². The third kappa shape index (κ3) is 6.65. The summed E-state index contributed by atoms with van der Waals surface area (Å²) in [5.41, 5.74) is 3.48. The number of β-amino-alcohol motifs (C(OH)–C–C–N with tert-alkyl or cyclic N) is 1. The van der Waals surface area contributed by atoms with Crippen molar-refractivity contribution in [2.24, 2.45) is 0 Å². The highest BCUT2D eigenvalue weighted by atomic mass is 35.5. The van der Waals surface area contributed by atoms with Crippen LogP contribution in [0.25, 0.3) is 0 Å². The molecule has 1 heterocycles. The van der Waals surface area contributed by atoms with Crippen molar-refractivity contribution >= 4 is 24.8 Å². The fourth-order valence-electron chi connectivity index (χ4n) is 4.50. The Labute approximate surface area is 215 Å². The van der Waals surface area contributed by atoms with E-state index < -0.39 is 6.10 Å². The third-order valence-corrected chi connectivity index (χ3v) is 6.23. The summed E-state index contributed by atoms with van der Waals surface area (Å²) in [6, 6.07) is 27.3. The molecule has 3 aromatic carbocycles. The number of hydrogen-bond donors (Lipinski definition) is 1. The van der Waals surface area contributed by atoms with Crippen LogP contribution in [0.2, 0.25) is 0 Å². The number of benzene rings is 3. The molecule has 1 aliphatic heterocycles. The Kier molecular flexibility index (Phi) is 11.2. The number of piperazine rings is 1. The molecule has 0 aromatic heterocycles. The van der Waals surface area contributed by atoms with Crippen molar-refractivity contribution in [3.05, 3.63) is 95.6 Å². The largest absolute Gasteiger partial charge is 0.493 e. The predicted molar refractivity (Wildman–Crippen MR) is 142 cm³/mol. The van der Waals surface area contributed by atoms with Crippen LogP contribution >= 0.6 is 24.8 Å². The molecule has 0 saturated carbocycles. The van der Waals surface area contributed by atoms with Gasteiger partial charge in [0.15, 0.2) is 11.5 Å². The topological polar surface area (TPSA) is 45.2 Å². The molecule has 1 atom stereocenters. The molecular weight excluding hydrogens is 471 g/mol. The molecule has 34 heavy (non-hydrogen) atoms. The first-order valence-corrected chi connectivity index (χ1v) is 11.2. The van der Waals surface area contributed by atoms with Crippen molar-refractivity contribution in [3.8, 4) is 11.5 Å². The van der Waals surface area contributed by atoms with Gasteiger partial charge in [-0.15, -0.1) is 24.8 Å². The second kappa shape index (κ2) is 13.6. The summed E-state index contributed by atoms with van der Waals surface area (Å²) in [5, 5.41) is 10.8. The number of hydrogen-bond acceptors (Lipinski definition) is 5. The van der Waals surface area contributed by atoms with Gasteiger partial charge in [-0.2, -0.15) is 0 Å².